The Labute approximate surface area is 161 Å². The number of nitriles is 1. The van der Waals surface area contributed by atoms with Crippen LogP contribution in [0.2, 0.25) is 0 Å². The molecular weight excluding hydrogens is 336 g/mol. The van der Waals surface area contributed by atoms with Gasteiger partial charge in [-0.15, -0.1) is 0 Å². The molecule has 1 aliphatic heterocycles. The first-order valence-electron chi connectivity index (χ1n) is 9.39. The number of rotatable bonds is 5. The maximum atomic E-state index is 12.6. The standard InChI is InChI=1S/C22H26N4O/c1-17-5-3-4-6-20(17)16-25-11-13-26(14-12-25)18(2)22(27)24-21-9-7-19(15-23)8-10-21/h3-10,18H,11-14,16H2,1-2H3,(H,24,27)/t18-/m0/s1. The molecule has 2 aromatic rings. The summed E-state index contributed by atoms with van der Waals surface area (Å²) in [5.74, 6) is -0.00735. The van der Waals surface area contributed by atoms with Gasteiger partial charge in [0.05, 0.1) is 17.7 Å². The van der Waals surface area contributed by atoms with Crippen LogP contribution in [0.15, 0.2) is 48.5 Å². The molecule has 1 aliphatic rings. The molecule has 5 nitrogen and oxygen atoms in total. The number of nitrogens with one attached hydrogen (secondary N) is 1. The van der Waals surface area contributed by atoms with Crippen molar-refractivity contribution in [1.29, 1.82) is 5.26 Å². The van der Waals surface area contributed by atoms with Gasteiger partial charge >= 0.3 is 0 Å². The quantitative estimate of drug-likeness (QED) is 0.888. The lowest BCUT2D eigenvalue weighted by Gasteiger charge is -2.37. The van der Waals surface area contributed by atoms with E-state index in [0.717, 1.165) is 38.4 Å². The van der Waals surface area contributed by atoms with Gasteiger partial charge in [0, 0.05) is 38.4 Å². The summed E-state index contributed by atoms with van der Waals surface area (Å²) in [4.78, 5) is 17.2. The van der Waals surface area contributed by atoms with Crippen LogP contribution in [0.3, 0.4) is 0 Å². The number of piperazine rings is 1. The number of hydrogen-bond acceptors (Lipinski definition) is 4. The van der Waals surface area contributed by atoms with Gasteiger partial charge in [0.1, 0.15) is 0 Å². The molecule has 1 N–H and O–H groups in total. The molecule has 0 saturated carbocycles. The molecule has 3 rings (SSSR count). The van der Waals surface area contributed by atoms with E-state index in [-0.39, 0.29) is 11.9 Å². The molecule has 1 saturated heterocycles. The van der Waals surface area contributed by atoms with Crippen LogP contribution in [0.25, 0.3) is 0 Å². The lowest BCUT2D eigenvalue weighted by Crippen LogP contribution is -2.52. The minimum Gasteiger partial charge on any atom is -0.325 e. The van der Waals surface area contributed by atoms with Gasteiger partial charge < -0.3 is 5.32 Å². The topological polar surface area (TPSA) is 59.4 Å². The van der Waals surface area contributed by atoms with Crippen molar-refractivity contribution in [3.63, 3.8) is 0 Å². The van der Waals surface area contributed by atoms with Crippen LogP contribution in [0, 0.1) is 18.3 Å². The summed E-state index contributed by atoms with van der Waals surface area (Å²) in [6.45, 7) is 8.76. The zero-order valence-electron chi connectivity index (χ0n) is 16.0. The number of carbonyl (C=O) groups is 1. The molecule has 1 fully saturated rings. The summed E-state index contributed by atoms with van der Waals surface area (Å²) in [5.41, 5.74) is 4.02. The summed E-state index contributed by atoms with van der Waals surface area (Å²) >= 11 is 0. The largest absolute Gasteiger partial charge is 0.325 e. The molecule has 0 aliphatic carbocycles. The van der Waals surface area contributed by atoms with Gasteiger partial charge in [-0.3, -0.25) is 14.6 Å². The predicted octanol–water partition coefficient (Wildman–Crippen LogP) is 3.01. The Kier molecular flexibility index (Phi) is 6.23. The fourth-order valence-electron chi connectivity index (χ4n) is 3.38. The maximum Gasteiger partial charge on any atom is 0.241 e. The fourth-order valence-corrected chi connectivity index (χ4v) is 3.38. The van der Waals surface area contributed by atoms with E-state index in [2.05, 4.69) is 52.4 Å². The van der Waals surface area contributed by atoms with Crippen LogP contribution < -0.4 is 5.32 Å². The third kappa shape index (κ3) is 4.94. The fraction of sp³-hybridized carbons (Fsp3) is 0.364. The SMILES string of the molecule is Cc1ccccc1CN1CCN([C@@H](C)C(=O)Nc2ccc(C#N)cc2)CC1. The van der Waals surface area contributed by atoms with Crippen LogP contribution in [-0.2, 0) is 11.3 Å². The molecule has 0 spiro atoms. The number of benzene rings is 2. The van der Waals surface area contributed by atoms with Crippen molar-refractivity contribution >= 4 is 11.6 Å². The third-order valence-electron chi connectivity index (χ3n) is 5.27. The Morgan fingerprint density at radius 3 is 2.41 bits per heavy atom. The zero-order valence-corrected chi connectivity index (χ0v) is 16.0. The van der Waals surface area contributed by atoms with Crippen molar-refractivity contribution in [3.05, 3.63) is 65.2 Å². The van der Waals surface area contributed by atoms with E-state index in [4.69, 9.17) is 5.26 Å². The highest BCUT2D eigenvalue weighted by molar-refractivity contribution is 5.94. The van der Waals surface area contributed by atoms with Crippen molar-refractivity contribution in [2.24, 2.45) is 0 Å². The first-order chi connectivity index (χ1) is 13.1. The van der Waals surface area contributed by atoms with E-state index >= 15 is 0 Å². The Bertz CT molecular complexity index is 817. The molecule has 0 unspecified atom stereocenters. The lowest BCUT2D eigenvalue weighted by atomic mass is 10.1. The van der Waals surface area contributed by atoms with E-state index in [0.29, 0.717) is 5.56 Å². The van der Waals surface area contributed by atoms with E-state index in [1.54, 1.807) is 24.3 Å². The van der Waals surface area contributed by atoms with Gasteiger partial charge in [0.2, 0.25) is 5.91 Å². The Morgan fingerprint density at radius 1 is 1.11 bits per heavy atom. The smallest absolute Gasteiger partial charge is 0.241 e. The number of amides is 1. The van der Waals surface area contributed by atoms with Crippen LogP contribution in [0.5, 0.6) is 0 Å². The molecule has 2 aromatic carbocycles. The minimum absolute atomic E-state index is 0.00735. The summed E-state index contributed by atoms with van der Waals surface area (Å²) in [6, 6.07) is 17.4. The highest BCUT2D eigenvalue weighted by Crippen LogP contribution is 2.15. The number of nitrogens with zero attached hydrogens (tertiary/aromatic N) is 3. The van der Waals surface area contributed by atoms with Crippen molar-refractivity contribution in [2.45, 2.75) is 26.4 Å². The molecule has 1 atom stereocenters. The molecular formula is C22H26N4O. The highest BCUT2D eigenvalue weighted by atomic mass is 16.2. The van der Waals surface area contributed by atoms with Crippen LogP contribution >= 0.6 is 0 Å². The second kappa shape index (κ2) is 8.81. The molecule has 1 heterocycles. The van der Waals surface area contributed by atoms with Crippen molar-refractivity contribution in [3.8, 4) is 6.07 Å². The summed E-state index contributed by atoms with van der Waals surface area (Å²) in [6.07, 6.45) is 0. The van der Waals surface area contributed by atoms with Crippen molar-refractivity contribution < 1.29 is 4.79 Å². The first-order valence-corrected chi connectivity index (χ1v) is 9.39. The molecule has 140 valence electrons. The maximum absolute atomic E-state index is 12.6. The van der Waals surface area contributed by atoms with Gasteiger partial charge in [-0.25, -0.2) is 0 Å². The Hall–Kier alpha value is -2.68. The minimum atomic E-state index is -0.179. The summed E-state index contributed by atoms with van der Waals surface area (Å²) in [7, 11) is 0. The van der Waals surface area contributed by atoms with E-state index in [1.165, 1.54) is 11.1 Å². The number of anilines is 1. The average Bonchev–Trinajstić information content (AvgIpc) is 2.70. The molecule has 0 radical (unpaired) electrons. The van der Waals surface area contributed by atoms with Crippen molar-refractivity contribution in [2.75, 3.05) is 31.5 Å². The van der Waals surface area contributed by atoms with Crippen LogP contribution in [0.1, 0.15) is 23.6 Å². The number of carbonyl (C=O) groups excluding carboxylic acids is 1. The monoisotopic (exact) mass is 362 g/mol. The van der Waals surface area contributed by atoms with E-state index in [1.807, 2.05) is 6.92 Å². The highest BCUT2D eigenvalue weighted by Gasteiger charge is 2.25. The van der Waals surface area contributed by atoms with E-state index in [9.17, 15) is 4.79 Å². The molecule has 1 amide bonds. The number of aryl methyl sites for hydroxylation is 1. The van der Waals surface area contributed by atoms with Gasteiger partial charge in [-0.2, -0.15) is 5.26 Å². The first kappa shape index (κ1) is 19.1. The molecule has 0 aromatic heterocycles. The zero-order chi connectivity index (χ0) is 19.2. The van der Waals surface area contributed by atoms with Gasteiger partial charge in [0.15, 0.2) is 0 Å². The summed E-state index contributed by atoms with van der Waals surface area (Å²) < 4.78 is 0. The van der Waals surface area contributed by atoms with Gasteiger partial charge in [0.25, 0.3) is 0 Å². The molecule has 0 bridgehead atoms. The lowest BCUT2D eigenvalue weighted by molar-refractivity contribution is -0.121. The number of hydrogen-bond donors (Lipinski definition) is 1. The van der Waals surface area contributed by atoms with E-state index < -0.39 is 0 Å². The third-order valence-corrected chi connectivity index (χ3v) is 5.27. The second-order valence-electron chi connectivity index (χ2n) is 7.09. The normalized spacial score (nSPS) is 16.5. The summed E-state index contributed by atoms with van der Waals surface area (Å²) in [5, 5.41) is 11.8. The van der Waals surface area contributed by atoms with Crippen LogP contribution in [-0.4, -0.2) is 47.9 Å². The van der Waals surface area contributed by atoms with Gasteiger partial charge in [-0.05, 0) is 49.2 Å². The van der Waals surface area contributed by atoms with Crippen molar-refractivity contribution in [1.82, 2.24) is 9.80 Å². The average molecular weight is 362 g/mol. The Morgan fingerprint density at radius 2 is 1.78 bits per heavy atom. The second-order valence-corrected chi connectivity index (χ2v) is 7.09. The van der Waals surface area contributed by atoms with Crippen LogP contribution in [0.4, 0.5) is 5.69 Å². The predicted molar refractivity (Wildman–Crippen MR) is 107 cm³/mol. The Balaban J connectivity index is 1.50. The molecule has 27 heavy (non-hydrogen) atoms. The van der Waals surface area contributed by atoms with Gasteiger partial charge in [-0.1, -0.05) is 24.3 Å². The molecule has 5 heteroatoms.